The average Bonchev–Trinajstić information content (AvgIpc) is 2.73. The highest BCUT2D eigenvalue weighted by molar-refractivity contribution is 6.02. The van der Waals surface area contributed by atoms with E-state index in [4.69, 9.17) is 4.74 Å². The summed E-state index contributed by atoms with van der Waals surface area (Å²) in [6.45, 7) is 4.72. The first kappa shape index (κ1) is 19.3. The van der Waals surface area contributed by atoms with E-state index < -0.39 is 0 Å². The number of anilines is 1. The van der Waals surface area contributed by atoms with Gasteiger partial charge in [0.2, 0.25) is 5.91 Å². The number of hydrogen-bond donors (Lipinski definition) is 1. The molecule has 0 aliphatic rings. The van der Waals surface area contributed by atoms with E-state index in [-0.39, 0.29) is 5.91 Å². The van der Waals surface area contributed by atoms with Crippen LogP contribution in [0.15, 0.2) is 67.1 Å². The molecule has 0 aliphatic carbocycles. The summed E-state index contributed by atoms with van der Waals surface area (Å²) in [7, 11) is 0. The van der Waals surface area contributed by atoms with Gasteiger partial charge >= 0.3 is 0 Å². The molecule has 5 nitrogen and oxygen atoms in total. The van der Waals surface area contributed by atoms with Crippen molar-refractivity contribution in [3.05, 3.63) is 78.3 Å². The van der Waals surface area contributed by atoms with E-state index in [0.717, 1.165) is 40.2 Å². The quantitative estimate of drug-likeness (QED) is 0.599. The van der Waals surface area contributed by atoms with Gasteiger partial charge in [-0.05, 0) is 48.7 Å². The fraction of sp³-hybridized carbons (Fsp3) is 0.174. The van der Waals surface area contributed by atoms with Gasteiger partial charge in [-0.25, -0.2) is 0 Å². The fourth-order valence-electron chi connectivity index (χ4n) is 2.61. The van der Waals surface area contributed by atoms with Crippen LogP contribution in [0, 0.1) is 6.92 Å². The predicted molar refractivity (Wildman–Crippen MR) is 112 cm³/mol. The van der Waals surface area contributed by atoms with Crippen molar-refractivity contribution >= 4 is 17.7 Å². The maximum Gasteiger partial charge on any atom is 0.248 e. The minimum atomic E-state index is -0.189. The van der Waals surface area contributed by atoms with Crippen molar-refractivity contribution in [1.82, 2.24) is 9.97 Å². The number of nitrogens with zero attached hydrogens (tertiary/aromatic N) is 2. The molecule has 0 bridgehead atoms. The molecule has 5 heteroatoms. The molecule has 1 aromatic heterocycles. The smallest absolute Gasteiger partial charge is 0.248 e. The minimum Gasteiger partial charge on any atom is -0.494 e. The molecule has 1 amide bonds. The summed E-state index contributed by atoms with van der Waals surface area (Å²) in [6.07, 6.45) is 9.25. The molecular weight excluding hydrogens is 350 g/mol. The van der Waals surface area contributed by atoms with Crippen LogP contribution in [0.3, 0.4) is 0 Å². The third kappa shape index (κ3) is 5.27. The van der Waals surface area contributed by atoms with Gasteiger partial charge in [0, 0.05) is 29.7 Å². The third-order valence-corrected chi connectivity index (χ3v) is 4.13. The van der Waals surface area contributed by atoms with Crippen molar-refractivity contribution in [2.75, 3.05) is 11.9 Å². The maximum absolute atomic E-state index is 12.3. The maximum atomic E-state index is 12.3. The number of nitrogens with one attached hydrogen (secondary N) is 1. The summed E-state index contributed by atoms with van der Waals surface area (Å²) in [6, 6.07) is 13.5. The Bertz CT molecular complexity index is 951. The van der Waals surface area contributed by atoms with Gasteiger partial charge in [-0.3, -0.25) is 14.8 Å². The second kappa shape index (κ2) is 9.46. The van der Waals surface area contributed by atoms with Crippen molar-refractivity contribution in [3.63, 3.8) is 0 Å². The Kier molecular flexibility index (Phi) is 6.52. The van der Waals surface area contributed by atoms with E-state index in [0.29, 0.717) is 6.61 Å². The summed E-state index contributed by atoms with van der Waals surface area (Å²) < 4.78 is 5.56. The molecule has 0 aliphatic heterocycles. The van der Waals surface area contributed by atoms with Crippen LogP contribution in [0.1, 0.15) is 24.5 Å². The number of rotatable bonds is 7. The van der Waals surface area contributed by atoms with Crippen molar-refractivity contribution in [2.24, 2.45) is 0 Å². The SMILES string of the molecule is CCCOc1ccc(/C=C/C(=O)Nc2cc(-c3cnccn3)ccc2C)cc1. The van der Waals surface area contributed by atoms with Gasteiger partial charge in [0.05, 0.1) is 18.5 Å². The molecule has 0 saturated carbocycles. The second-order valence-corrected chi connectivity index (χ2v) is 6.36. The fourth-order valence-corrected chi connectivity index (χ4v) is 2.61. The Balaban J connectivity index is 1.66. The number of benzene rings is 2. The van der Waals surface area contributed by atoms with Crippen LogP contribution in [0.25, 0.3) is 17.3 Å². The molecule has 142 valence electrons. The van der Waals surface area contributed by atoms with Crippen molar-refractivity contribution in [2.45, 2.75) is 20.3 Å². The lowest BCUT2D eigenvalue weighted by Crippen LogP contribution is -2.09. The van der Waals surface area contributed by atoms with Crippen LogP contribution >= 0.6 is 0 Å². The summed E-state index contributed by atoms with van der Waals surface area (Å²) in [5, 5.41) is 2.93. The van der Waals surface area contributed by atoms with E-state index in [1.165, 1.54) is 6.08 Å². The lowest BCUT2D eigenvalue weighted by atomic mass is 10.1. The molecule has 2 aromatic carbocycles. The predicted octanol–water partition coefficient (Wildman–Crippen LogP) is 4.89. The summed E-state index contributed by atoms with van der Waals surface area (Å²) in [4.78, 5) is 20.7. The number of carbonyl (C=O) groups excluding carboxylic acids is 1. The number of aryl methyl sites for hydroxylation is 1. The van der Waals surface area contributed by atoms with Crippen LogP contribution in [-0.2, 0) is 4.79 Å². The molecule has 0 fully saturated rings. The first-order chi connectivity index (χ1) is 13.7. The van der Waals surface area contributed by atoms with Crippen LogP contribution < -0.4 is 10.1 Å². The Hall–Kier alpha value is -3.47. The molecule has 3 rings (SSSR count). The van der Waals surface area contributed by atoms with Gasteiger partial charge in [-0.15, -0.1) is 0 Å². The molecule has 1 N–H and O–H groups in total. The lowest BCUT2D eigenvalue weighted by Gasteiger charge is -2.09. The molecule has 3 aromatic rings. The monoisotopic (exact) mass is 373 g/mol. The number of hydrogen-bond acceptors (Lipinski definition) is 4. The summed E-state index contributed by atoms with van der Waals surface area (Å²) in [5.41, 5.74) is 4.33. The highest BCUT2D eigenvalue weighted by Crippen LogP contribution is 2.23. The van der Waals surface area contributed by atoms with E-state index in [1.54, 1.807) is 24.7 Å². The molecule has 0 spiro atoms. The second-order valence-electron chi connectivity index (χ2n) is 6.36. The number of aromatic nitrogens is 2. The zero-order valence-electron chi connectivity index (χ0n) is 16.1. The standard InChI is InChI=1S/C23H23N3O2/c1-3-14-28-20-9-5-18(6-10-20)7-11-23(27)26-21-15-19(8-4-17(21)2)22-16-24-12-13-25-22/h4-13,15-16H,3,14H2,1-2H3,(H,26,27)/b11-7+. The molecule has 1 heterocycles. The largest absolute Gasteiger partial charge is 0.494 e. The Morgan fingerprint density at radius 2 is 1.96 bits per heavy atom. The van der Waals surface area contributed by atoms with E-state index in [2.05, 4.69) is 22.2 Å². The number of amides is 1. The van der Waals surface area contributed by atoms with Gasteiger partial charge in [-0.2, -0.15) is 0 Å². The zero-order valence-corrected chi connectivity index (χ0v) is 16.1. The molecular formula is C23H23N3O2. The molecule has 28 heavy (non-hydrogen) atoms. The Morgan fingerprint density at radius 1 is 1.14 bits per heavy atom. The summed E-state index contributed by atoms with van der Waals surface area (Å²) >= 11 is 0. The van der Waals surface area contributed by atoms with Gasteiger partial charge in [-0.1, -0.05) is 31.2 Å². The topological polar surface area (TPSA) is 64.1 Å². The first-order valence-corrected chi connectivity index (χ1v) is 9.24. The van der Waals surface area contributed by atoms with Gasteiger partial charge in [0.25, 0.3) is 0 Å². The molecule has 0 radical (unpaired) electrons. The van der Waals surface area contributed by atoms with Gasteiger partial charge in [0.15, 0.2) is 0 Å². The van der Waals surface area contributed by atoms with E-state index in [9.17, 15) is 4.79 Å². The Morgan fingerprint density at radius 3 is 2.68 bits per heavy atom. The van der Waals surface area contributed by atoms with E-state index in [1.807, 2.05) is 49.4 Å². The average molecular weight is 373 g/mol. The zero-order chi connectivity index (χ0) is 19.8. The minimum absolute atomic E-state index is 0.189. The van der Waals surface area contributed by atoms with Crippen LogP contribution in [0.4, 0.5) is 5.69 Å². The molecule has 0 unspecified atom stereocenters. The Labute approximate surface area is 165 Å². The van der Waals surface area contributed by atoms with Crippen molar-refractivity contribution in [1.29, 1.82) is 0 Å². The first-order valence-electron chi connectivity index (χ1n) is 9.24. The molecule has 0 atom stereocenters. The summed E-state index contributed by atoms with van der Waals surface area (Å²) in [5.74, 6) is 0.644. The van der Waals surface area contributed by atoms with Gasteiger partial charge in [0.1, 0.15) is 5.75 Å². The normalized spacial score (nSPS) is 10.8. The van der Waals surface area contributed by atoms with Crippen LogP contribution in [0.5, 0.6) is 5.75 Å². The number of ether oxygens (including phenoxy) is 1. The van der Waals surface area contributed by atoms with Crippen molar-refractivity contribution < 1.29 is 9.53 Å². The molecule has 0 saturated heterocycles. The van der Waals surface area contributed by atoms with Crippen molar-refractivity contribution in [3.8, 4) is 17.0 Å². The van der Waals surface area contributed by atoms with Crippen LogP contribution in [-0.4, -0.2) is 22.5 Å². The third-order valence-electron chi connectivity index (χ3n) is 4.13. The highest BCUT2D eigenvalue weighted by atomic mass is 16.5. The lowest BCUT2D eigenvalue weighted by molar-refractivity contribution is -0.111. The van der Waals surface area contributed by atoms with E-state index >= 15 is 0 Å². The highest BCUT2D eigenvalue weighted by Gasteiger charge is 2.06. The van der Waals surface area contributed by atoms with Gasteiger partial charge < -0.3 is 10.1 Å². The number of carbonyl (C=O) groups is 1. The van der Waals surface area contributed by atoms with Crippen LogP contribution in [0.2, 0.25) is 0 Å².